The highest BCUT2D eigenvalue weighted by Crippen LogP contribution is 2.20. The average Bonchev–Trinajstić information content (AvgIpc) is 2.64. The summed E-state index contributed by atoms with van der Waals surface area (Å²) in [7, 11) is 0. The maximum absolute atomic E-state index is 11.2. The zero-order valence-electron chi connectivity index (χ0n) is 12.1. The first kappa shape index (κ1) is 16.4. The maximum atomic E-state index is 11.2. The first-order valence-corrected chi connectivity index (χ1v) is 6.19. The van der Waals surface area contributed by atoms with Crippen LogP contribution in [0.25, 0.3) is 5.70 Å². The quantitative estimate of drug-likeness (QED) is 0.618. The number of allylic oxidation sites excluding steroid dienone is 2. The fourth-order valence-electron chi connectivity index (χ4n) is 2.09. The summed E-state index contributed by atoms with van der Waals surface area (Å²) >= 11 is 0. The van der Waals surface area contributed by atoms with Crippen molar-refractivity contribution in [3.63, 3.8) is 0 Å². The van der Waals surface area contributed by atoms with Gasteiger partial charge in [-0.05, 0) is 32.9 Å². The first-order chi connectivity index (χ1) is 9.66. The molecule has 1 heterocycles. The second-order valence-electron chi connectivity index (χ2n) is 4.70. The van der Waals surface area contributed by atoms with Gasteiger partial charge in [0.2, 0.25) is 0 Å². The third-order valence-corrected chi connectivity index (χ3v) is 3.13. The zero-order chi connectivity index (χ0) is 16.3. The Morgan fingerprint density at radius 1 is 1.29 bits per heavy atom. The van der Waals surface area contributed by atoms with E-state index >= 15 is 0 Å². The lowest BCUT2D eigenvalue weighted by atomic mass is 10.1. The fraction of sp³-hybridized carbons (Fsp3) is 0.267. The molecule has 1 atom stereocenters. The molecule has 0 amide bonds. The molecule has 2 N–H and O–H groups in total. The Morgan fingerprint density at radius 2 is 1.86 bits per heavy atom. The molecule has 6 heteroatoms. The van der Waals surface area contributed by atoms with E-state index in [2.05, 4.69) is 6.58 Å². The lowest BCUT2D eigenvalue weighted by Gasteiger charge is -2.10. The third kappa shape index (κ3) is 3.47. The Kier molecular flexibility index (Phi) is 4.86. The molecule has 1 aromatic rings. The number of carbonyl (C=O) groups is 3. The van der Waals surface area contributed by atoms with Gasteiger partial charge in [0.25, 0.3) is 0 Å². The van der Waals surface area contributed by atoms with Crippen molar-refractivity contribution in [1.29, 1.82) is 0 Å². The van der Waals surface area contributed by atoms with Gasteiger partial charge in [-0.15, -0.1) is 0 Å². The molecule has 0 saturated heterocycles. The molecule has 0 aliphatic rings. The minimum absolute atomic E-state index is 0.156. The van der Waals surface area contributed by atoms with Gasteiger partial charge < -0.3 is 14.8 Å². The zero-order valence-corrected chi connectivity index (χ0v) is 12.1. The van der Waals surface area contributed by atoms with Crippen LogP contribution in [0.4, 0.5) is 0 Å². The van der Waals surface area contributed by atoms with E-state index in [4.69, 9.17) is 10.2 Å². The van der Waals surface area contributed by atoms with Gasteiger partial charge in [-0.3, -0.25) is 9.59 Å². The predicted octanol–water partition coefficient (Wildman–Crippen LogP) is 2.12. The number of carboxylic acids is 2. The Morgan fingerprint density at radius 3 is 2.24 bits per heavy atom. The number of Topliss-reactive ketones (excluding diaryl/α,β-unsaturated/α-hetero) is 1. The van der Waals surface area contributed by atoms with Crippen LogP contribution in [0.15, 0.2) is 24.8 Å². The number of aryl methyl sites for hydroxylation is 1. The molecule has 0 aromatic carbocycles. The summed E-state index contributed by atoms with van der Waals surface area (Å²) in [6.07, 6.45) is 2.65. The molecule has 21 heavy (non-hydrogen) atoms. The third-order valence-electron chi connectivity index (χ3n) is 3.13. The molecule has 1 unspecified atom stereocenters. The molecule has 0 fully saturated rings. The smallest absolute Gasteiger partial charge is 0.337 e. The van der Waals surface area contributed by atoms with E-state index in [9.17, 15) is 14.4 Å². The Labute approximate surface area is 122 Å². The van der Waals surface area contributed by atoms with Crippen LogP contribution in [0.5, 0.6) is 0 Å². The highest BCUT2D eigenvalue weighted by atomic mass is 16.4. The summed E-state index contributed by atoms with van der Waals surface area (Å²) in [5.41, 5.74) is 1.70. The Hall–Kier alpha value is -2.63. The van der Waals surface area contributed by atoms with Crippen LogP contribution in [0, 0.1) is 19.8 Å². The number of nitrogens with zero attached hydrogens (tertiary/aromatic N) is 1. The molecule has 6 nitrogen and oxygen atoms in total. The summed E-state index contributed by atoms with van der Waals surface area (Å²) in [4.78, 5) is 33.2. The van der Waals surface area contributed by atoms with E-state index in [1.165, 1.54) is 25.1 Å². The van der Waals surface area contributed by atoms with Crippen molar-refractivity contribution in [2.24, 2.45) is 5.92 Å². The fourth-order valence-corrected chi connectivity index (χ4v) is 2.09. The number of rotatable bonds is 6. The van der Waals surface area contributed by atoms with Crippen LogP contribution < -0.4 is 0 Å². The predicted molar refractivity (Wildman–Crippen MR) is 77.1 cm³/mol. The van der Waals surface area contributed by atoms with Crippen LogP contribution in [0.2, 0.25) is 0 Å². The highest BCUT2D eigenvalue weighted by molar-refractivity contribution is 5.99. The van der Waals surface area contributed by atoms with Crippen molar-refractivity contribution in [2.75, 3.05) is 0 Å². The Balaban J connectivity index is 3.13. The van der Waals surface area contributed by atoms with Gasteiger partial charge in [0.05, 0.1) is 5.56 Å². The van der Waals surface area contributed by atoms with Crippen LogP contribution in [0.3, 0.4) is 0 Å². The second-order valence-corrected chi connectivity index (χ2v) is 4.70. The van der Waals surface area contributed by atoms with Crippen molar-refractivity contribution >= 4 is 23.4 Å². The molecule has 0 bridgehead atoms. The largest absolute Gasteiger partial charge is 0.480 e. The van der Waals surface area contributed by atoms with E-state index in [0.29, 0.717) is 17.1 Å². The van der Waals surface area contributed by atoms with Gasteiger partial charge >= 0.3 is 11.9 Å². The lowest BCUT2D eigenvalue weighted by molar-refractivity contribution is -0.143. The molecule has 0 radical (unpaired) electrons. The first-order valence-electron chi connectivity index (χ1n) is 6.19. The Bertz CT molecular complexity index is 637. The molecular weight excluding hydrogens is 274 g/mol. The topological polar surface area (TPSA) is 96.6 Å². The number of aromatic carboxylic acids is 1. The number of aromatic nitrogens is 1. The number of hydrogen-bond acceptors (Lipinski definition) is 3. The van der Waals surface area contributed by atoms with E-state index in [-0.39, 0.29) is 5.56 Å². The van der Waals surface area contributed by atoms with E-state index in [1.54, 1.807) is 18.4 Å². The van der Waals surface area contributed by atoms with Crippen LogP contribution in [0.1, 0.15) is 28.7 Å². The standard InChI is InChI=1S/C15H17NO5/c1-8(5-6-12(11(4)17)14(18)19)16-9(2)7-13(10(16)3)15(20)21/h5-7,12H,1H2,2-4H3,(H,18,19)(H,20,21)/b6-5-. The molecule has 0 aliphatic carbocycles. The van der Waals surface area contributed by atoms with Crippen molar-refractivity contribution < 1.29 is 24.6 Å². The van der Waals surface area contributed by atoms with E-state index in [1.807, 2.05) is 0 Å². The summed E-state index contributed by atoms with van der Waals surface area (Å²) in [6.45, 7) is 8.34. The number of ketones is 1. The van der Waals surface area contributed by atoms with Crippen molar-refractivity contribution in [3.8, 4) is 0 Å². The van der Waals surface area contributed by atoms with Gasteiger partial charge in [0.15, 0.2) is 0 Å². The minimum Gasteiger partial charge on any atom is -0.480 e. The van der Waals surface area contributed by atoms with Crippen molar-refractivity contribution in [2.45, 2.75) is 20.8 Å². The molecule has 1 aromatic heterocycles. The van der Waals surface area contributed by atoms with Crippen molar-refractivity contribution in [1.82, 2.24) is 4.57 Å². The molecule has 0 aliphatic heterocycles. The number of aliphatic carboxylic acids is 1. The molecular formula is C15H17NO5. The van der Waals surface area contributed by atoms with Crippen LogP contribution >= 0.6 is 0 Å². The van der Waals surface area contributed by atoms with Gasteiger partial charge in [-0.2, -0.15) is 0 Å². The van der Waals surface area contributed by atoms with Crippen LogP contribution in [-0.4, -0.2) is 32.5 Å². The highest BCUT2D eigenvalue weighted by Gasteiger charge is 2.20. The number of hydrogen-bond donors (Lipinski definition) is 2. The normalized spacial score (nSPS) is 12.3. The summed E-state index contributed by atoms with van der Waals surface area (Å²) < 4.78 is 1.60. The molecule has 112 valence electrons. The molecule has 1 rings (SSSR count). The van der Waals surface area contributed by atoms with Crippen molar-refractivity contribution in [3.05, 3.63) is 41.7 Å². The summed E-state index contributed by atoms with van der Waals surface area (Å²) in [6, 6.07) is 1.51. The molecule has 0 saturated carbocycles. The maximum Gasteiger partial charge on any atom is 0.337 e. The van der Waals surface area contributed by atoms with E-state index in [0.717, 1.165) is 0 Å². The summed E-state index contributed by atoms with van der Waals surface area (Å²) in [5.74, 6) is -4.01. The summed E-state index contributed by atoms with van der Waals surface area (Å²) in [5, 5.41) is 18.0. The SMILES string of the molecule is C=C(/C=C\C(C(C)=O)C(=O)O)n1c(C)cc(C(=O)O)c1C. The number of carbonyl (C=O) groups excluding carboxylic acids is 1. The van der Waals surface area contributed by atoms with Gasteiger partial charge in [0.1, 0.15) is 11.7 Å². The number of carboxylic acid groups (broad SMARTS) is 2. The minimum atomic E-state index is -1.24. The monoisotopic (exact) mass is 291 g/mol. The van der Waals surface area contributed by atoms with Gasteiger partial charge in [-0.25, -0.2) is 4.79 Å². The second kappa shape index (κ2) is 6.21. The average molecular weight is 291 g/mol. The van der Waals surface area contributed by atoms with Gasteiger partial charge in [-0.1, -0.05) is 12.7 Å². The molecule has 0 spiro atoms. The van der Waals surface area contributed by atoms with Crippen LogP contribution in [-0.2, 0) is 9.59 Å². The van der Waals surface area contributed by atoms with Gasteiger partial charge in [0, 0.05) is 17.1 Å². The van der Waals surface area contributed by atoms with E-state index < -0.39 is 23.6 Å². The lowest BCUT2D eigenvalue weighted by Crippen LogP contribution is -2.19.